The van der Waals surface area contributed by atoms with E-state index in [1.54, 1.807) is 11.1 Å². The second kappa shape index (κ2) is 9.76. The summed E-state index contributed by atoms with van der Waals surface area (Å²) < 4.78 is 2.49. The van der Waals surface area contributed by atoms with E-state index in [1.807, 2.05) is 0 Å². The van der Waals surface area contributed by atoms with Gasteiger partial charge in [-0.15, -0.1) is 0 Å². The van der Waals surface area contributed by atoms with Crippen LogP contribution < -0.4 is 10.6 Å². The van der Waals surface area contributed by atoms with Crippen LogP contribution in [-0.4, -0.2) is 19.1 Å². The number of allylic oxidation sites excluding steroid dienone is 2. The molecule has 27 heavy (non-hydrogen) atoms. The van der Waals surface area contributed by atoms with Crippen LogP contribution >= 0.6 is 31.9 Å². The molecule has 0 spiro atoms. The van der Waals surface area contributed by atoms with Gasteiger partial charge in [0.15, 0.2) is 0 Å². The Morgan fingerprint density at radius 2 is 1.78 bits per heavy atom. The average molecular weight is 496 g/mol. The van der Waals surface area contributed by atoms with Crippen molar-refractivity contribution in [3.05, 3.63) is 55.6 Å². The van der Waals surface area contributed by atoms with E-state index in [1.165, 1.54) is 39.3 Å². The largest absolute Gasteiger partial charge is 0.383 e. The topological polar surface area (TPSA) is 24.1 Å². The second-order valence-corrected chi connectivity index (χ2v) is 9.69. The van der Waals surface area contributed by atoms with Crippen LogP contribution in [0.4, 0.5) is 0 Å². The molecule has 0 saturated carbocycles. The summed E-state index contributed by atoms with van der Waals surface area (Å²) in [5, 5.41) is 7.25. The fraction of sp³-hybridized carbons (Fsp3) is 0.565. The molecule has 2 heterocycles. The molecular formula is C23H32Br2N2. The molecule has 4 heteroatoms. The number of nitrogens with one attached hydrogen (secondary N) is 2. The van der Waals surface area contributed by atoms with Crippen LogP contribution in [0.2, 0.25) is 0 Å². The first kappa shape index (κ1) is 21.1. The average Bonchev–Trinajstić information content (AvgIpc) is 2.83. The number of rotatable bonds is 1. The van der Waals surface area contributed by atoms with Crippen LogP contribution in [-0.2, 0) is 6.42 Å². The fourth-order valence-corrected chi connectivity index (χ4v) is 5.63. The fourth-order valence-electron chi connectivity index (χ4n) is 4.64. The summed E-state index contributed by atoms with van der Waals surface area (Å²) in [6.45, 7) is 8.75. The Morgan fingerprint density at radius 1 is 1.07 bits per heavy atom. The Labute approximate surface area is 181 Å². The van der Waals surface area contributed by atoms with E-state index in [0.29, 0.717) is 12.0 Å². The number of fused-ring (bicyclic) bond motifs is 2. The van der Waals surface area contributed by atoms with Gasteiger partial charge in [-0.1, -0.05) is 48.3 Å². The van der Waals surface area contributed by atoms with Crippen LogP contribution in [0.15, 0.2) is 38.9 Å². The van der Waals surface area contributed by atoms with Gasteiger partial charge in [0.05, 0.1) is 6.04 Å². The predicted molar refractivity (Wildman–Crippen MR) is 124 cm³/mol. The quantitative estimate of drug-likeness (QED) is 0.475. The first-order valence-electron chi connectivity index (χ1n) is 10.4. The zero-order chi connectivity index (χ0) is 19.4. The number of halogens is 2. The lowest BCUT2D eigenvalue weighted by Gasteiger charge is -2.38. The Hall–Kier alpha value is -0.580. The molecule has 2 aliphatic heterocycles. The predicted octanol–water partition coefficient (Wildman–Crippen LogP) is 6.34. The highest BCUT2D eigenvalue weighted by atomic mass is 79.9. The summed E-state index contributed by atoms with van der Waals surface area (Å²) in [4.78, 5) is 0. The monoisotopic (exact) mass is 494 g/mol. The van der Waals surface area contributed by atoms with Crippen LogP contribution in [0, 0.1) is 12.8 Å². The summed E-state index contributed by atoms with van der Waals surface area (Å²) in [6, 6.07) is 5.13. The molecule has 2 N–H and O–H groups in total. The number of aryl methyl sites for hydroxylation is 1. The molecule has 0 bridgehead atoms. The van der Waals surface area contributed by atoms with Crippen molar-refractivity contribution in [1.82, 2.24) is 10.6 Å². The molecule has 1 saturated heterocycles. The van der Waals surface area contributed by atoms with E-state index >= 15 is 0 Å². The number of dihydropyridines is 1. The minimum atomic E-state index is 0.435. The molecule has 0 aromatic heterocycles. The normalized spacial score (nSPS) is 24.9. The van der Waals surface area contributed by atoms with Gasteiger partial charge in [0.1, 0.15) is 0 Å². The van der Waals surface area contributed by atoms with Gasteiger partial charge in [-0.05, 0) is 95.9 Å². The Balaban J connectivity index is 0.000000659. The molecule has 4 rings (SSSR count). The van der Waals surface area contributed by atoms with Gasteiger partial charge in [-0.2, -0.15) is 0 Å². The van der Waals surface area contributed by atoms with E-state index in [0.717, 1.165) is 31.8 Å². The molecule has 0 amide bonds. The lowest BCUT2D eigenvalue weighted by molar-refractivity contribution is 0.288. The summed E-state index contributed by atoms with van der Waals surface area (Å²) in [5.41, 5.74) is 6.00. The second-order valence-electron chi connectivity index (χ2n) is 7.98. The van der Waals surface area contributed by atoms with Crippen molar-refractivity contribution in [3.8, 4) is 0 Å². The molecule has 1 aromatic carbocycles. The zero-order valence-corrected chi connectivity index (χ0v) is 19.9. The van der Waals surface area contributed by atoms with E-state index in [9.17, 15) is 0 Å². The van der Waals surface area contributed by atoms with Crippen LogP contribution in [0.25, 0.3) is 0 Å². The van der Waals surface area contributed by atoms with Crippen molar-refractivity contribution in [1.29, 1.82) is 0 Å². The van der Waals surface area contributed by atoms with Crippen molar-refractivity contribution in [3.63, 3.8) is 0 Å². The van der Waals surface area contributed by atoms with Gasteiger partial charge >= 0.3 is 0 Å². The Kier molecular flexibility index (Phi) is 7.64. The number of benzene rings is 1. The highest BCUT2D eigenvalue weighted by molar-refractivity contribution is 9.12. The van der Waals surface area contributed by atoms with Crippen LogP contribution in [0.1, 0.15) is 62.1 Å². The molecule has 2 atom stereocenters. The summed E-state index contributed by atoms with van der Waals surface area (Å²) in [6.07, 6.45) is 10.5. The highest BCUT2D eigenvalue weighted by Gasteiger charge is 2.38. The van der Waals surface area contributed by atoms with E-state index < -0.39 is 0 Å². The summed E-state index contributed by atoms with van der Waals surface area (Å²) in [5.74, 6) is 1.30. The van der Waals surface area contributed by atoms with Gasteiger partial charge in [0, 0.05) is 21.1 Å². The minimum absolute atomic E-state index is 0.435. The third kappa shape index (κ3) is 4.71. The smallest absolute Gasteiger partial charge is 0.0543 e. The Bertz CT molecular complexity index is 717. The molecule has 3 aliphatic rings. The van der Waals surface area contributed by atoms with Crippen LogP contribution in [0.3, 0.4) is 0 Å². The first-order chi connectivity index (χ1) is 13.1. The van der Waals surface area contributed by atoms with E-state index in [2.05, 4.69) is 87.7 Å². The van der Waals surface area contributed by atoms with Gasteiger partial charge in [-0.3, -0.25) is 0 Å². The zero-order valence-electron chi connectivity index (χ0n) is 16.7. The SMILES string of the molecule is CCC.Cc1ccc2c(c1Br)CCC1=CC(Br)=CNC1C2C1CCNCC1. The third-order valence-corrected chi connectivity index (χ3v) is 7.43. The van der Waals surface area contributed by atoms with Crippen molar-refractivity contribution in [2.24, 2.45) is 5.92 Å². The lowest BCUT2D eigenvalue weighted by Crippen LogP contribution is -2.41. The van der Waals surface area contributed by atoms with Gasteiger partial charge in [-0.25, -0.2) is 0 Å². The maximum absolute atomic E-state index is 3.89. The summed E-state index contributed by atoms with van der Waals surface area (Å²) >= 11 is 7.54. The van der Waals surface area contributed by atoms with Crippen molar-refractivity contribution < 1.29 is 0 Å². The molecule has 1 fully saturated rings. The number of hydrogen-bond acceptors (Lipinski definition) is 2. The molecule has 1 aromatic rings. The van der Waals surface area contributed by atoms with Gasteiger partial charge < -0.3 is 10.6 Å². The summed E-state index contributed by atoms with van der Waals surface area (Å²) in [7, 11) is 0. The highest BCUT2D eigenvalue weighted by Crippen LogP contribution is 2.45. The maximum Gasteiger partial charge on any atom is 0.0543 e. The van der Waals surface area contributed by atoms with Gasteiger partial charge in [0.2, 0.25) is 0 Å². The van der Waals surface area contributed by atoms with Crippen molar-refractivity contribution in [2.75, 3.05) is 13.1 Å². The molecule has 1 aliphatic carbocycles. The van der Waals surface area contributed by atoms with Crippen LogP contribution in [0.5, 0.6) is 0 Å². The Morgan fingerprint density at radius 3 is 2.48 bits per heavy atom. The number of piperidine rings is 1. The minimum Gasteiger partial charge on any atom is -0.383 e. The number of hydrogen-bond donors (Lipinski definition) is 2. The standard InChI is InChI=1S/C20H24Br2N2.C3H8/c1-12-2-4-16-17(19(12)22)5-3-14-10-15(21)11-24-20(14)18(16)13-6-8-23-9-7-13;1-3-2/h2,4,10-11,13,18,20,23-24H,3,5-9H2,1H3;3H2,1-2H3. The molecule has 0 radical (unpaired) electrons. The molecule has 148 valence electrons. The van der Waals surface area contributed by atoms with Crippen molar-refractivity contribution in [2.45, 2.75) is 64.8 Å². The molecule has 2 unspecified atom stereocenters. The molecule has 2 nitrogen and oxygen atoms in total. The van der Waals surface area contributed by atoms with Crippen molar-refractivity contribution >= 4 is 31.9 Å². The van der Waals surface area contributed by atoms with Gasteiger partial charge in [0.25, 0.3) is 0 Å². The lowest BCUT2D eigenvalue weighted by atomic mass is 9.73. The maximum atomic E-state index is 3.89. The van der Waals surface area contributed by atoms with E-state index in [-0.39, 0.29) is 0 Å². The third-order valence-electron chi connectivity index (χ3n) is 5.87. The first-order valence-corrected chi connectivity index (χ1v) is 12.0. The van der Waals surface area contributed by atoms with E-state index in [4.69, 9.17) is 0 Å². The molecular weight excluding hydrogens is 464 g/mol.